The molecule has 6 heteroatoms. The Balaban J connectivity index is 1.61. The Bertz CT molecular complexity index is 921. The van der Waals surface area contributed by atoms with Crippen molar-refractivity contribution in [2.45, 2.75) is 19.8 Å². The van der Waals surface area contributed by atoms with E-state index in [1.165, 1.54) is 11.3 Å². The number of hydrogen-bond donors (Lipinski definition) is 1. The van der Waals surface area contributed by atoms with Crippen molar-refractivity contribution in [3.63, 3.8) is 0 Å². The quantitative estimate of drug-likeness (QED) is 0.627. The van der Waals surface area contributed by atoms with Crippen LogP contribution in [0.2, 0.25) is 0 Å². The summed E-state index contributed by atoms with van der Waals surface area (Å²) in [5.74, 6) is 1.59. The number of anilines is 1. The lowest BCUT2D eigenvalue weighted by Crippen LogP contribution is -2.20. The maximum atomic E-state index is 12.2. The average molecular weight is 382 g/mol. The lowest BCUT2D eigenvalue weighted by Gasteiger charge is -2.13. The van der Waals surface area contributed by atoms with Gasteiger partial charge in [-0.15, -0.1) is 11.3 Å². The monoisotopic (exact) mass is 382 g/mol. The normalized spacial score (nSPS) is 10.7. The van der Waals surface area contributed by atoms with Crippen molar-refractivity contribution in [3.05, 3.63) is 59.5 Å². The maximum absolute atomic E-state index is 12.2. The summed E-state index contributed by atoms with van der Waals surface area (Å²) in [4.78, 5) is 16.7. The van der Waals surface area contributed by atoms with Gasteiger partial charge < -0.3 is 9.47 Å². The number of hydrogen-bond acceptors (Lipinski definition) is 5. The van der Waals surface area contributed by atoms with E-state index in [4.69, 9.17) is 9.47 Å². The SMILES string of the molecule is COc1cccc(-c2csc(NC(=O)COc3ccccc3C(C)C)n2)c1. The summed E-state index contributed by atoms with van der Waals surface area (Å²) in [6.45, 7) is 4.13. The smallest absolute Gasteiger partial charge is 0.264 e. The van der Waals surface area contributed by atoms with Crippen LogP contribution in [0, 0.1) is 0 Å². The summed E-state index contributed by atoms with van der Waals surface area (Å²) in [5.41, 5.74) is 2.81. The van der Waals surface area contributed by atoms with Gasteiger partial charge in [0.15, 0.2) is 11.7 Å². The van der Waals surface area contributed by atoms with Crippen LogP contribution in [0.5, 0.6) is 11.5 Å². The molecule has 1 N–H and O–H groups in total. The molecule has 3 aromatic rings. The molecule has 0 atom stereocenters. The summed E-state index contributed by atoms with van der Waals surface area (Å²) < 4.78 is 10.9. The highest BCUT2D eigenvalue weighted by atomic mass is 32.1. The predicted molar refractivity (Wildman–Crippen MR) is 109 cm³/mol. The number of nitrogens with one attached hydrogen (secondary N) is 1. The number of methoxy groups -OCH3 is 1. The number of rotatable bonds is 7. The third-order valence-electron chi connectivity index (χ3n) is 4.02. The van der Waals surface area contributed by atoms with Crippen LogP contribution >= 0.6 is 11.3 Å². The van der Waals surface area contributed by atoms with Gasteiger partial charge in [0, 0.05) is 10.9 Å². The first-order valence-electron chi connectivity index (χ1n) is 8.68. The number of amides is 1. The molecule has 0 bridgehead atoms. The van der Waals surface area contributed by atoms with Gasteiger partial charge in [-0.1, -0.05) is 44.2 Å². The van der Waals surface area contributed by atoms with Crippen LogP contribution < -0.4 is 14.8 Å². The van der Waals surface area contributed by atoms with Crippen LogP contribution in [0.4, 0.5) is 5.13 Å². The van der Waals surface area contributed by atoms with Crippen molar-refractivity contribution in [1.82, 2.24) is 4.98 Å². The van der Waals surface area contributed by atoms with E-state index in [9.17, 15) is 4.79 Å². The van der Waals surface area contributed by atoms with E-state index < -0.39 is 0 Å². The van der Waals surface area contributed by atoms with Crippen molar-refractivity contribution in [3.8, 4) is 22.8 Å². The lowest BCUT2D eigenvalue weighted by atomic mass is 10.0. The Morgan fingerprint density at radius 1 is 1.19 bits per heavy atom. The number of para-hydroxylation sites is 1. The number of benzene rings is 2. The zero-order chi connectivity index (χ0) is 19.2. The molecule has 0 aliphatic heterocycles. The zero-order valence-corrected chi connectivity index (χ0v) is 16.4. The number of thiazole rings is 1. The highest BCUT2D eigenvalue weighted by Gasteiger charge is 2.11. The van der Waals surface area contributed by atoms with Crippen LogP contribution in [0.3, 0.4) is 0 Å². The molecule has 0 aliphatic carbocycles. The van der Waals surface area contributed by atoms with Gasteiger partial charge in [-0.05, 0) is 29.7 Å². The first-order valence-corrected chi connectivity index (χ1v) is 9.56. The summed E-state index contributed by atoms with van der Waals surface area (Å²) in [6, 6.07) is 15.4. The van der Waals surface area contributed by atoms with Gasteiger partial charge in [-0.2, -0.15) is 0 Å². The van der Waals surface area contributed by atoms with Gasteiger partial charge in [0.25, 0.3) is 5.91 Å². The summed E-state index contributed by atoms with van der Waals surface area (Å²) in [5, 5.41) is 5.23. The minimum Gasteiger partial charge on any atom is -0.497 e. The topological polar surface area (TPSA) is 60.5 Å². The fraction of sp³-hybridized carbons (Fsp3) is 0.238. The van der Waals surface area contributed by atoms with E-state index in [-0.39, 0.29) is 12.5 Å². The van der Waals surface area contributed by atoms with Gasteiger partial charge in [-0.25, -0.2) is 4.98 Å². The molecule has 0 saturated heterocycles. The third kappa shape index (κ3) is 4.86. The van der Waals surface area contributed by atoms with Crippen molar-refractivity contribution in [2.24, 2.45) is 0 Å². The van der Waals surface area contributed by atoms with Crippen molar-refractivity contribution in [1.29, 1.82) is 0 Å². The van der Waals surface area contributed by atoms with Gasteiger partial charge in [0.05, 0.1) is 12.8 Å². The number of ether oxygens (including phenoxy) is 2. The number of carbonyl (C=O) groups is 1. The molecule has 1 amide bonds. The Hall–Kier alpha value is -2.86. The molecular weight excluding hydrogens is 360 g/mol. The molecule has 27 heavy (non-hydrogen) atoms. The molecule has 0 saturated carbocycles. The largest absolute Gasteiger partial charge is 0.497 e. The zero-order valence-electron chi connectivity index (χ0n) is 15.6. The second kappa shape index (κ2) is 8.68. The molecule has 140 valence electrons. The highest BCUT2D eigenvalue weighted by Crippen LogP contribution is 2.28. The first kappa shape index (κ1) is 18.9. The molecule has 0 unspecified atom stereocenters. The second-order valence-corrected chi connectivity index (χ2v) is 7.16. The van der Waals surface area contributed by atoms with Crippen LogP contribution in [-0.4, -0.2) is 24.6 Å². The van der Waals surface area contributed by atoms with Crippen molar-refractivity contribution >= 4 is 22.4 Å². The standard InChI is InChI=1S/C21H22N2O3S/c1-14(2)17-9-4-5-10-19(17)26-12-20(24)23-21-22-18(13-27-21)15-7-6-8-16(11-15)25-3/h4-11,13-14H,12H2,1-3H3,(H,22,23,24). The van der Waals surface area contributed by atoms with E-state index in [1.807, 2.05) is 53.9 Å². The fourth-order valence-electron chi connectivity index (χ4n) is 2.63. The summed E-state index contributed by atoms with van der Waals surface area (Å²) in [6.07, 6.45) is 0. The minimum atomic E-state index is -0.236. The van der Waals surface area contributed by atoms with E-state index in [2.05, 4.69) is 24.1 Å². The molecule has 1 heterocycles. The molecule has 0 fully saturated rings. The van der Waals surface area contributed by atoms with Crippen molar-refractivity contribution < 1.29 is 14.3 Å². The van der Waals surface area contributed by atoms with Crippen molar-refractivity contribution in [2.75, 3.05) is 19.0 Å². The maximum Gasteiger partial charge on any atom is 0.264 e. The van der Waals surface area contributed by atoms with E-state index in [0.29, 0.717) is 11.0 Å². The van der Waals surface area contributed by atoms with Crippen LogP contribution in [0.1, 0.15) is 25.3 Å². The molecule has 0 radical (unpaired) electrons. The summed E-state index contributed by atoms with van der Waals surface area (Å²) >= 11 is 1.38. The molecule has 2 aromatic carbocycles. The Morgan fingerprint density at radius 3 is 2.78 bits per heavy atom. The average Bonchev–Trinajstić information content (AvgIpc) is 3.15. The Kier molecular flexibility index (Phi) is 6.08. The molecule has 1 aromatic heterocycles. The minimum absolute atomic E-state index is 0.0577. The highest BCUT2D eigenvalue weighted by molar-refractivity contribution is 7.14. The van der Waals surface area contributed by atoms with Gasteiger partial charge in [-0.3, -0.25) is 10.1 Å². The molecule has 0 aliphatic rings. The second-order valence-electron chi connectivity index (χ2n) is 6.30. The molecule has 3 rings (SSSR count). The van der Waals surface area contributed by atoms with Crippen LogP contribution in [0.25, 0.3) is 11.3 Å². The number of aromatic nitrogens is 1. The fourth-order valence-corrected chi connectivity index (χ4v) is 3.37. The predicted octanol–water partition coefficient (Wildman–Crippen LogP) is 4.96. The van der Waals surface area contributed by atoms with Gasteiger partial charge in [0.2, 0.25) is 0 Å². The number of carbonyl (C=O) groups excluding carboxylic acids is 1. The third-order valence-corrected chi connectivity index (χ3v) is 4.77. The first-order chi connectivity index (χ1) is 13.1. The van der Waals surface area contributed by atoms with Crippen LogP contribution in [-0.2, 0) is 4.79 Å². The molecule has 5 nitrogen and oxygen atoms in total. The van der Waals surface area contributed by atoms with Gasteiger partial charge in [0.1, 0.15) is 11.5 Å². The Labute approximate surface area is 163 Å². The van der Waals surface area contributed by atoms with E-state index in [1.54, 1.807) is 7.11 Å². The van der Waals surface area contributed by atoms with Gasteiger partial charge >= 0.3 is 0 Å². The van der Waals surface area contributed by atoms with Crippen LogP contribution in [0.15, 0.2) is 53.9 Å². The number of nitrogens with zero attached hydrogens (tertiary/aromatic N) is 1. The lowest BCUT2D eigenvalue weighted by molar-refractivity contribution is -0.118. The van der Waals surface area contributed by atoms with E-state index in [0.717, 1.165) is 28.3 Å². The summed E-state index contributed by atoms with van der Waals surface area (Å²) in [7, 11) is 1.63. The Morgan fingerprint density at radius 2 is 2.00 bits per heavy atom. The van der Waals surface area contributed by atoms with E-state index >= 15 is 0 Å². The molecular formula is C21H22N2O3S. The molecule has 0 spiro atoms.